The van der Waals surface area contributed by atoms with E-state index in [0.717, 1.165) is 50.7 Å². The second kappa shape index (κ2) is 6.21. The molecule has 3 heteroatoms. The molecule has 4 fully saturated rings. The van der Waals surface area contributed by atoms with Gasteiger partial charge in [-0.3, -0.25) is 0 Å². The van der Waals surface area contributed by atoms with E-state index in [2.05, 4.69) is 13.8 Å². The molecule has 8 atom stereocenters. The lowest BCUT2D eigenvalue weighted by Gasteiger charge is -2.62. The van der Waals surface area contributed by atoms with Gasteiger partial charge in [0.1, 0.15) is 0 Å². The Hall–Kier alpha value is -0.120. The number of fused-ring (bicyclic) bond motifs is 5. The number of rotatable bonds is 3. The fraction of sp³-hybridized carbons (Fsp3) is 1.00. The van der Waals surface area contributed by atoms with Gasteiger partial charge < -0.3 is 14.9 Å². The van der Waals surface area contributed by atoms with Crippen molar-refractivity contribution < 1.29 is 14.9 Å². The van der Waals surface area contributed by atoms with E-state index in [-0.39, 0.29) is 16.9 Å². The molecule has 0 aromatic heterocycles. The minimum Gasteiger partial charge on any atom is -0.393 e. The molecule has 0 aliphatic heterocycles. The molecule has 0 aromatic carbocycles. The molecular formula is C22H38O3. The first-order valence-electron chi connectivity index (χ1n) is 10.8. The molecule has 4 aliphatic carbocycles. The van der Waals surface area contributed by atoms with Gasteiger partial charge in [-0.05, 0) is 106 Å². The highest BCUT2D eigenvalue weighted by Gasteiger charge is 2.62. The lowest BCUT2D eigenvalue weighted by Crippen LogP contribution is -2.58. The number of aliphatic hydroxyl groups is 2. The summed E-state index contributed by atoms with van der Waals surface area (Å²) in [4.78, 5) is 0. The van der Waals surface area contributed by atoms with Crippen molar-refractivity contribution in [3.8, 4) is 0 Å². The third-order valence-corrected chi connectivity index (χ3v) is 9.18. The average molecular weight is 351 g/mol. The predicted octanol–water partition coefficient (Wildman–Crippen LogP) is 4.16. The summed E-state index contributed by atoms with van der Waals surface area (Å²) in [7, 11) is 0. The molecule has 0 aromatic rings. The van der Waals surface area contributed by atoms with Gasteiger partial charge in [0.2, 0.25) is 0 Å². The highest BCUT2D eigenvalue weighted by Crippen LogP contribution is 2.67. The predicted molar refractivity (Wildman–Crippen MR) is 99.2 cm³/mol. The van der Waals surface area contributed by atoms with Crippen LogP contribution in [-0.2, 0) is 4.74 Å². The Labute approximate surface area is 153 Å². The minimum atomic E-state index is -0.486. The summed E-state index contributed by atoms with van der Waals surface area (Å²) in [6, 6.07) is 0. The summed E-state index contributed by atoms with van der Waals surface area (Å²) in [5.41, 5.74) is -0.0586. The Morgan fingerprint density at radius 2 is 1.76 bits per heavy atom. The molecule has 4 saturated carbocycles. The van der Waals surface area contributed by atoms with E-state index < -0.39 is 5.60 Å². The van der Waals surface area contributed by atoms with Gasteiger partial charge in [-0.1, -0.05) is 6.92 Å². The van der Waals surface area contributed by atoms with Gasteiger partial charge in [0.25, 0.3) is 0 Å². The van der Waals surface area contributed by atoms with Gasteiger partial charge >= 0.3 is 0 Å². The highest BCUT2D eigenvalue weighted by atomic mass is 16.5. The van der Waals surface area contributed by atoms with E-state index in [0.29, 0.717) is 11.8 Å². The number of aliphatic hydroxyl groups excluding tert-OH is 1. The van der Waals surface area contributed by atoms with Crippen LogP contribution in [0.3, 0.4) is 0 Å². The summed E-state index contributed by atoms with van der Waals surface area (Å²) in [6.07, 6.45) is 10.1. The normalized spacial score (nSPS) is 55.3. The lowest BCUT2D eigenvalue weighted by molar-refractivity contribution is -0.180. The zero-order valence-corrected chi connectivity index (χ0v) is 16.5. The standard InChI is InChI=1S/C22H38O3/c1-4-25-14-22-12-11-20(2,24)13-15(22)5-6-16-17-7-8-19(23)21(17,3)10-9-18(16)22/h15-19,23-24H,4-14H2,1-3H3/t15-,16-,17-,18-,19?,20+,21-,22+/m0/s1. The molecule has 4 rings (SSSR count). The Balaban J connectivity index is 1.64. The highest BCUT2D eigenvalue weighted by molar-refractivity contribution is 5.11. The van der Waals surface area contributed by atoms with Crippen LogP contribution in [0.1, 0.15) is 78.6 Å². The number of ether oxygens (including phenoxy) is 1. The first-order valence-corrected chi connectivity index (χ1v) is 10.8. The minimum absolute atomic E-state index is 0.0916. The molecule has 0 heterocycles. The maximum Gasteiger partial charge on any atom is 0.0622 e. The van der Waals surface area contributed by atoms with E-state index in [1.165, 1.54) is 32.1 Å². The second-order valence-electron chi connectivity index (χ2n) is 10.4. The molecule has 4 aliphatic rings. The van der Waals surface area contributed by atoms with Crippen molar-refractivity contribution in [2.75, 3.05) is 13.2 Å². The van der Waals surface area contributed by atoms with E-state index in [1.807, 2.05) is 6.92 Å². The van der Waals surface area contributed by atoms with Crippen LogP contribution in [0.4, 0.5) is 0 Å². The van der Waals surface area contributed by atoms with Crippen LogP contribution >= 0.6 is 0 Å². The monoisotopic (exact) mass is 350 g/mol. The molecule has 25 heavy (non-hydrogen) atoms. The van der Waals surface area contributed by atoms with Crippen LogP contribution < -0.4 is 0 Å². The second-order valence-corrected chi connectivity index (χ2v) is 10.4. The van der Waals surface area contributed by atoms with Crippen LogP contribution in [0, 0.1) is 34.5 Å². The molecule has 0 spiro atoms. The molecular weight excluding hydrogens is 312 g/mol. The Kier molecular flexibility index (Phi) is 4.53. The number of hydrogen-bond acceptors (Lipinski definition) is 3. The summed E-state index contributed by atoms with van der Waals surface area (Å²) in [6.45, 7) is 8.18. The van der Waals surface area contributed by atoms with Crippen molar-refractivity contribution in [3.63, 3.8) is 0 Å². The van der Waals surface area contributed by atoms with E-state index in [1.54, 1.807) is 0 Å². The van der Waals surface area contributed by atoms with Gasteiger partial charge in [-0.15, -0.1) is 0 Å². The first kappa shape index (κ1) is 18.3. The van der Waals surface area contributed by atoms with Crippen LogP contribution in [0.25, 0.3) is 0 Å². The zero-order chi connectivity index (χ0) is 17.9. The van der Waals surface area contributed by atoms with Crippen molar-refractivity contribution in [3.05, 3.63) is 0 Å². The van der Waals surface area contributed by atoms with Gasteiger partial charge in [0.15, 0.2) is 0 Å². The fourth-order valence-corrected chi connectivity index (χ4v) is 7.78. The van der Waals surface area contributed by atoms with Crippen LogP contribution in [0.15, 0.2) is 0 Å². The Morgan fingerprint density at radius 1 is 0.960 bits per heavy atom. The van der Waals surface area contributed by atoms with Crippen molar-refractivity contribution >= 4 is 0 Å². The Bertz CT molecular complexity index is 504. The van der Waals surface area contributed by atoms with Gasteiger partial charge in [-0.2, -0.15) is 0 Å². The van der Waals surface area contributed by atoms with Crippen LogP contribution in [0.5, 0.6) is 0 Å². The molecule has 144 valence electrons. The fourth-order valence-electron chi connectivity index (χ4n) is 7.78. The summed E-state index contributed by atoms with van der Waals surface area (Å²) >= 11 is 0. The maximum atomic E-state index is 10.7. The molecule has 1 unspecified atom stereocenters. The third kappa shape index (κ3) is 2.72. The zero-order valence-electron chi connectivity index (χ0n) is 16.5. The molecule has 0 amide bonds. The van der Waals surface area contributed by atoms with E-state index in [4.69, 9.17) is 4.74 Å². The largest absolute Gasteiger partial charge is 0.393 e. The summed E-state index contributed by atoms with van der Waals surface area (Å²) < 4.78 is 6.08. The summed E-state index contributed by atoms with van der Waals surface area (Å²) in [5.74, 6) is 2.80. The van der Waals surface area contributed by atoms with Crippen molar-refractivity contribution in [2.24, 2.45) is 34.5 Å². The van der Waals surface area contributed by atoms with E-state index >= 15 is 0 Å². The molecule has 3 nitrogen and oxygen atoms in total. The number of hydrogen-bond donors (Lipinski definition) is 2. The third-order valence-electron chi connectivity index (χ3n) is 9.18. The van der Waals surface area contributed by atoms with Crippen molar-refractivity contribution in [1.29, 1.82) is 0 Å². The summed E-state index contributed by atoms with van der Waals surface area (Å²) in [5, 5.41) is 21.3. The quantitative estimate of drug-likeness (QED) is 0.803. The molecule has 0 saturated heterocycles. The maximum absolute atomic E-state index is 10.7. The first-order chi connectivity index (χ1) is 11.8. The topological polar surface area (TPSA) is 49.7 Å². The van der Waals surface area contributed by atoms with Crippen LogP contribution in [0.2, 0.25) is 0 Å². The lowest BCUT2D eigenvalue weighted by atomic mass is 9.44. The van der Waals surface area contributed by atoms with Crippen molar-refractivity contribution in [1.82, 2.24) is 0 Å². The molecule has 0 bridgehead atoms. The van der Waals surface area contributed by atoms with Crippen molar-refractivity contribution in [2.45, 2.75) is 90.3 Å². The van der Waals surface area contributed by atoms with Gasteiger partial charge in [-0.25, -0.2) is 0 Å². The molecule has 2 N–H and O–H groups in total. The average Bonchev–Trinajstić information content (AvgIpc) is 2.88. The SMILES string of the molecule is CCOC[C@]12CC[C@@](C)(O)C[C@@H]1CC[C@@H]1[C@@H]2CC[C@]2(C)C(O)CC[C@@H]12. The smallest absolute Gasteiger partial charge is 0.0622 e. The van der Waals surface area contributed by atoms with Crippen LogP contribution in [-0.4, -0.2) is 35.1 Å². The Morgan fingerprint density at radius 3 is 2.52 bits per heavy atom. The molecule has 0 radical (unpaired) electrons. The van der Waals surface area contributed by atoms with E-state index in [9.17, 15) is 10.2 Å². The van der Waals surface area contributed by atoms with Gasteiger partial charge in [0, 0.05) is 6.61 Å². The van der Waals surface area contributed by atoms with Gasteiger partial charge in [0.05, 0.1) is 18.3 Å².